The molecule has 162 valence electrons. The van der Waals surface area contributed by atoms with Crippen molar-refractivity contribution in [1.82, 2.24) is 14.5 Å². The number of amides is 1. The molecule has 30 heavy (non-hydrogen) atoms. The largest absolute Gasteiger partial charge is 0.379 e. The fourth-order valence-electron chi connectivity index (χ4n) is 3.33. The summed E-state index contributed by atoms with van der Waals surface area (Å²) in [5, 5.41) is 2.99. The summed E-state index contributed by atoms with van der Waals surface area (Å²) in [7, 11) is -0.470. The number of nitrogens with one attached hydrogen (secondary N) is 1. The van der Waals surface area contributed by atoms with Gasteiger partial charge in [-0.05, 0) is 42.3 Å². The molecule has 1 heterocycles. The molecule has 0 aliphatic carbocycles. The van der Waals surface area contributed by atoms with Gasteiger partial charge in [-0.15, -0.1) is 0 Å². The number of benzene rings is 2. The molecule has 1 fully saturated rings. The molecule has 1 N–H and O–H groups in total. The molecule has 0 radical (unpaired) electrons. The van der Waals surface area contributed by atoms with Crippen LogP contribution < -0.4 is 5.32 Å². The maximum Gasteiger partial charge on any atom is 0.251 e. The van der Waals surface area contributed by atoms with Crippen molar-refractivity contribution in [2.75, 3.05) is 40.4 Å². The van der Waals surface area contributed by atoms with Gasteiger partial charge in [0.15, 0.2) is 0 Å². The average Bonchev–Trinajstić information content (AvgIpc) is 2.74. The lowest BCUT2D eigenvalue weighted by molar-refractivity contribution is 0.0342. The number of rotatable bonds is 7. The van der Waals surface area contributed by atoms with Crippen LogP contribution in [0.3, 0.4) is 0 Å². The minimum absolute atomic E-state index is 0.156. The third kappa shape index (κ3) is 5.46. The first kappa shape index (κ1) is 22.4. The summed E-state index contributed by atoms with van der Waals surface area (Å²) in [6, 6.07) is 14.0. The molecule has 0 saturated carbocycles. The number of morpholine rings is 1. The molecule has 1 aliphatic rings. The maximum absolute atomic E-state index is 12.7. The van der Waals surface area contributed by atoms with Crippen LogP contribution in [0.2, 0.25) is 0 Å². The SMILES string of the molecule is CC(NC(=O)c1cccc(CN2CCOCC2)c1)c1ccc(S(=O)(=O)N(C)C)cc1. The Bertz CT molecular complexity index is 968. The van der Waals surface area contributed by atoms with Gasteiger partial charge in [-0.3, -0.25) is 9.69 Å². The van der Waals surface area contributed by atoms with Crippen LogP contribution in [0.4, 0.5) is 0 Å². The minimum Gasteiger partial charge on any atom is -0.379 e. The molecule has 3 rings (SSSR count). The van der Waals surface area contributed by atoms with Gasteiger partial charge in [0, 0.05) is 39.3 Å². The Morgan fingerprint density at radius 1 is 1.13 bits per heavy atom. The van der Waals surface area contributed by atoms with Crippen LogP contribution in [0.15, 0.2) is 53.4 Å². The van der Waals surface area contributed by atoms with Gasteiger partial charge < -0.3 is 10.1 Å². The first-order valence-electron chi connectivity index (χ1n) is 10.00. The number of sulfonamides is 1. The first-order chi connectivity index (χ1) is 14.3. The lowest BCUT2D eigenvalue weighted by Gasteiger charge is -2.26. The van der Waals surface area contributed by atoms with Crippen LogP contribution >= 0.6 is 0 Å². The third-order valence-corrected chi connectivity index (χ3v) is 7.03. The predicted molar refractivity (Wildman–Crippen MR) is 116 cm³/mol. The van der Waals surface area contributed by atoms with Crippen molar-refractivity contribution in [3.8, 4) is 0 Å². The van der Waals surface area contributed by atoms with Crippen molar-refractivity contribution in [3.63, 3.8) is 0 Å². The Morgan fingerprint density at radius 2 is 1.80 bits per heavy atom. The summed E-state index contributed by atoms with van der Waals surface area (Å²) in [5.41, 5.74) is 2.54. The van der Waals surface area contributed by atoms with Gasteiger partial charge >= 0.3 is 0 Å². The highest BCUT2D eigenvalue weighted by Gasteiger charge is 2.18. The number of nitrogens with zero attached hydrogens (tertiary/aromatic N) is 2. The highest BCUT2D eigenvalue weighted by Crippen LogP contribution is 2.19. The van der Waals surface area contributed by atoms with Crippen molar-refractivity contribution < 1.29 is 17.9 Å². The van der Waals surface area contributed by atoms with Gasteiger partial charge in [0.05, 0.1) is 24.2 Å². The highest BCUT2D eigenvalue weighted by molar-refractivity contribution is 7.89. The Labute approximate surface area is 178 Å². The molecular weight excluding hydrogens is 402 g/mol. The molecule has 8 heteroatoms. The van der Waals surface area contributed by atoms with Gasteiger partial charge in [0.1, 0.15) is 0 Å². The third-order valence-electron chi connectivity index (χ3n) is 5.21. The van der Waals surface area contributed by atoms with Gasteiger partial charge in [0.2, 0.25) is 10.0 Å². The average molecular weight is 432 g/mol. The molecule has 0 bridgehead atoms. The molecule has 0 spiro atoms. The molecular formula is C22H29N3O4S. The van der Waals surface area contributed by atoms with E-state index in [0.29, 0.717) is 5.56 Å². The van der Waals surface area contributed by atoms with E-state index >= 15 is 0 Å². The smallest absolute Gasteiger partial charge is 0.251 e. The molecule has 2 aromatic rings. The number of hydrogen-bond donors (Lipinski definition) is 1. The normalized spacial score (nSPS) is 16.4. The molecule has 1 aliphatic heterocycles. The van der Waals surface area contributed by atoms with Crippen LogP contribution in [0, 0.1) is 0 Å². The van der Waals surface area contributed by atoms with E-state index in [-0.39, 0.29) is 16.8 Å². The van der Waals surface area contributed by atoms with Gasteiger partial charge in [-0.2, -0.15) is 0 Å². The van der Waals surface area contributed by atoms with E-state index in [2.05, 4.69) is 10.2 Å². The molecule has 1 atom stereocenters. The second-order valence-corrected chi connectivity index (χ2v) is 9.79. The van der Waals surface area contributed by atoms with E-state index < -0.39 is 10.0 Å². The van der Waals surface area contributed by atoms with Gasteiger partial charge in [0.25, 0.3) is 5.91 Å². The Hall–Kier alpha value is -2.26. The molecule has 7 nitrogen and oxygen atoms in total. The highest BCUT2D eigenvalue weighted by atomic mass is 32.2. The van der Waals surface area contributed by atoms with Gasteiger partial charge in [-0.1, -0.05) is 24.3 Å². The fraction of sp³-hybridized carbons (Fsp3) is 0.409. The molecule has 0 aromatic heterocycles. The molecule has 1 amide bonds. The maximum atomic E-state index is 12.7. The van der Waals surface area contributed by atoms with E-state index in [9.17, 15) is 13.2 Å². The van der Waals surface area contributed by atoms with Crippen LogP contribution in [0.25, 0.3) is 0 Å². The topological polar surface area (TPSA) is 79.0 Å². The second-order valence-electron chi connectivity index (χ2n) is 7.64. The molecule has 1 unspecified atom stereocenters. The Kier molecular flexibility index (Phi) is 7.25. The monoisotopic (exact) mass is 431 g/mol. The van der Waals surface area contributed by atoms with Crippen molar-refractivity contribution in [1.29, 1.82) is 0 Å². The van der Waals surface area contributed by atoms with Crippen molar-refractivity contribution in [2.24, 2.45) is 0 Å². The summed E-state index contributed by atoms with van der Waals surface area (Å²) < 4.78 is 31.0. The van der Waals surface area contributed by atoms with Crippen molar-refractivity contribution >= 4 is 15.9 Å². The number of ether oxygens (including phenoxy) is 1. The van der Waals surface area contributed by atoms with Crippen LogP contribution in [0.1, 0.15) is 34.5 Å². The summed E-state index contributed by atoms with van der Waals surface area (Å²) in [6.45, 7) is 5.95. The summed E-state index contributed by atoms with van der Waals surface area (Å²) in [4.78, 5) is 15.3. The van der Waals surface area contributed by atoms with E-state index in [1.807, 2.05) is 25.1 Å². The van der Waals surface area contributed by atoms with E-state index in [1.165, 1.54) is 18.4 Å². The zero-order chi connectivity index (χ0) is 21.7. The van der Waals surface area contributed by atoms with Crippen molar-refractivity contribution in [3.05, 3.63) is 65.2 Å². The van der Waals surface area contributed by atoms with Crippen LogP contribution in [-0.4, -0.2) is 63.9 Å². The lowest BCUT2D eigenvalue weighted by Crippen LogP contribution is -2.35. The summed E-state index contributed by atoms with van der Waals surface area (Å²) in [6.07, 6.45) is 0. The van der Waals surface area contributed by atoms with E-state index in [1.54, 1.807) is 30.3 Å². The number of carbonyl (C=O) groups is 1. The standard InChI is InChI=1S/C22H29N3O4S/c1-17(19-7-9-21(10-8-19)30(27,28)24(2)3)23-22(26)20-6-4-5-18(15-20)16-25-11-13-29-14-12-25/h4-10,15,17H,11-14,16H2,1-3H3,(H,23,26). The zero-order valence-electron chi connectivity index (χ0n) is 17.7. The Balaban J connectivity index is 1.64. The molecule has 1 saturated heterocycles. The van der Waals surface area contributed by atoms with E-state index in [0.717, 1.165) is 44.0 Å². The number of carbonyl (C=O) groups excluding carboxylic acids is 1. The fourth-order valence-corrected chi connectivity index (χ4v) is 4.23. The van der Waals surface area contributed by atoms with Crippen LogP contribution in [-0.2, 0) is 21.3 Å². The number of hydrogen-bond acceptors (Lipinski definition) is 5. The zero-order valence-corrected chi connectivity index (χ0v) is 18.5. The lowest BCUT2D eigenvalue weighted by atomic mass is 10.1. The Morgan fingerprint density at radius 3 is 2.43 bits per heavy atom. The quantitative estimate of drug-likeness (QED) is 0.728. The molecule has 2 aromatic carbocycles. The minimum atomic E-state index is -3.47. The summed E-state index contributed by atoms with van der Waals surface area (Å²) in [5.74, 6) is -0.156. The van der Waals surface area contributed by atoms with Crippen molar-refractivity contribution in [2.45, 2.75) is 24.4 Å². The predicted octanol–water partition coefficient (Wildman–Crippen LogP) is 2.26. The van der Waals surface area contributed by atoms with E-state index in [4.69, 9.17) is 4.74 Å². The first-order valence-corrected chi connectivity index (χ1v) is 11.4. The second kappa shape index (κ2) is 9.70. The van der Waals surface area contributed by atoms with Gasteiger partial charge in [-0.25, -0.2) is 12.7 Å². The summed E-state index contributed by atoms with van der Waals surface area (Å²) >= 11 is 0. The van der Waals surface area contributed by atoms with Crippen LogP contribution in [0.5, 0.6) is 0 Å².